The van der Waals surface area contributed by atoms with Crippen LogP contribution in [0.1, 0.15) is 24.1 Å². The molecule has 0 saturated carbocycles. The molecule has 0 fully saturated rings. The molecular formula is C15H17NO2. The topological polar surface area (TPSA) is 52.5 Å². The fraction of sp³-hybridized carbons (Fsp3) is 0.200. The fourth-order valence-corrected chi connectivity index (χ4v) is 1.97. The minimum atomic E-state index is -0.00515. The van der Waals surface area contributed by atoms with E-state index in [1.807, 2.05) is 32.0 Å². The lowest BCUT2D eigenvalue weighted by Crippen LogP contribution is -2.07. The van der Waals surface area contributed by atoms with Gasteiger partial charge < -0.3 is 15.5 Å². The molecule has 1 unspecified atom stereocenters. The number of phenols is 2. The van der Waals surface area contributed by atoms with E-state index in [1.54, 1.807) is 24.3 Å². The molecule has 1 atom stereocenters. The van der Waals surface area contributed by atoms with E-state index in [2.05, 4.69) is 5.32 Å². The summed E-state index contributed by atoms with van der Waals surface area (Å²) in [4.78, 5) is 0. The van der Waals surface area contributed by atoms with Crippen LogP contribution < -0.4 is 5.32 Å². The quantitative estimate of drug-likeness (QED) is 0.722. The van der Waals surface area contributed by atoms with Crippen molar-refractivity contribution < 1.29 is 10.2 Å². The lowest BCUT2D eigenvalue weighted by molar-refractivity contribution is 0.465. The Morgan fingerprint density at radius 2 is 1.78 bits per heavy atom. The maximum atomic E-state index is 9.79. The van der Waals surface area contributed by atoms with Gasteiger partial charge in [-0.1, -0.05) is 18.2 Å². The molecule has 0 bridgehead atoms. The molecule has 18 heavy (non-hydrogen) atoms. The Morgan fingerprint density at radius 3 is 2.44 bits per heavy atom. The number of rotatable bonds is 3. The maximum absolute atomic E-state index is 9.79. The molecule has 3 nitrogen and oxygen atoms in total. The predicted molar refractivity (Wildman–Crippen MR) is 73.0 cm³/mol. The molecule has 2 rings (SSSR count). The molecule has 2 aromatic carbocycles. The summed E-state index contributed by atoms with van der Waals surface area (Å²) >= 11 is 0. The zero-order valence-corrected chi connectivity index (χ0v) is 10.5. The normalized spacial score (nSPS) is 12.1. The van der Waals surface area contributed by atoms with Gasteiger partial charge in [-0.3, -0.25) is 0 Å². The molecule has 94 valence electrons. The molecule has 0 amide bonds. The van der Waals surface area contributed by atoms with E-state index >= 15 is 0 Å². The Morgan fingerprint density at radius 1 is 1.06 bits per heavy atom. The van der Waals surface area contributed by atoms with E-state index in [1.165, 1.54) is 0 Å². The minimum absolute atomic E-state index is 0.00515. The summed E-state index contributed by atoms with van der Waals surface area (Å²) in [7, 11) is 0. The Bertz CT molecular complexity index is 552. The van der Waals surface area contributed by atoms with Crippen LogP contribution in [0.3, 0.4) is 0 Å². The van der Waals surface area contributed by atoms with Gasteiger partial charge in [-0.05, 0) is 43.7 Å². The molecule has 0 aliphatic carbocycles. The minimum Gasteiger partial charge on any atom is -0.508 e. The average molecular weight is 243 g/mol. The van der Waals surface area contributed by atoms with Crippen LogP contribution in [-0.2, 0) is 0 Å². The molecule has 0 aliphatic rings. The molecular weight excluding hydrogens is 226 g/mol. The Kier molecular flexibility index (Phi) is 3.42. The van der Waals surface area contributed by atoms with Crippen molar-refractivity contribution in [3.05, 3.63) is 53.6 Å². The van der Waals surface area contributed by atoms with E-state index < -0.39 is 0 Å². The van der Waals surface area contributed by atoms with Gasteiger partial charge in [-0.25, -0.2) is 0 Å². The number of hydrogen-bond acceptors (Lipinski definition) is 3. The fourth-order valence-electron chi connectivity index (χ4n) is 1.97. The molecule has 0 saturated heterocycles. The van der Waals surface area contributed by atoms with E-state index in [4.69, 9.17) is 0 Å². The SMILES string of the molecule is Cc1cc(O)ccc1NC(C)c1ccccc1O. The molecule has 2 aromatic rings. The van der Waals surface area contributed by atoms with Crippen molar-refractivity contribution in [1.82, 2.24) is 0 Å². The van der Waals surface area contributed by atoms with E-state index in [-0.39, 0.29) is 17.5 Å². The van der Waals surface area contributed by atoms with Crippen molar-refractivity contribution in [2.45, 2.75) is 19.9 Å². The summed E-state index contributed by atoms with van der Waals surface area (Å²) in [5.74, 6) is 0.544. The molecule has 0 spiro atoms. The number of nitrogens with one attached hydrogen (secondary N) is 1. The first kappa shape index (κ1) is 12.3. The zero-order valence-electron chi connectivity index (χ0n) is 10.5. The summed E-state index contributed by atoms with van der Waals surface area (Å²) in [6.07, 6.45) is 0. The van der Waals surface area contributed by atoms with Crippen molar-refractivity contribution in [3.63, 3.8) is 0 Å². The number of aryl methyl sites for hydroxylation is 1. The monoisotopic (exact) mass is 243 g/mol. The number of anilines is 1. The lowest BCUT2D eigenvalue weighted by Gasteiger charge is -2.18. The van der Waals surface area contributed by atoms with Gasteiger partial charge in [0.2, 0.25) is 0 Å². The second-order valence-corrected chi connectivity index (χ2v) is 4.42. The molecule has 0 aliphatic heterocycles. The first-order valence-electron chi connectivity index (χ1n) is 5.92. The van der Waals surface area contributed by atoms with Gasteiger partial charge in [0.15, 0.2) is 0 Å². The summed E-state index contributed by atoms with van der Waals surface area (Å²) in [5, 5.41) is 22.5. The second kappa shape index (κ2) is 5.00. The summed E-state index contributed by atoms with van der Waals surface area (Å²) in [6, 6.07) is 12.5. The Balaban J connectivity index is 2.21. The summed E-state index contributed by atoms with van der Waals surface area (Å²) in [5.41, 5.74) is 2.77. The third kappa shape index (κ3) is 2.56. The van der Waals surface area contributed by atoms with Crippen molar-refractivity contribution in [2.24, 2.45) is 0 Å². The molecule has 0 aromatic heterocycles. The molecule has 3 heteroatoms. The Labute approximate surface area is 107 Å². The smallest absolute Gasteiger partial charge is 0.120 e. The average Bonchev–Trinajstić information content (AvgIpc) is 2.33. The first-order valence-corrected chi connectivity index (χ1v) is 5.92. The number of phenolic OH excluding ortho intramolecular Hbond substituents is 2. The maximum Gasteiger partial charge on any atom is 0.120 e. The summed E-state index contributed by atoms with van der Waals surface area (Å²) in [6.45, 7) is 3.92. The van der Waals surface area contributed by atoms with Crippen molar-refractivity contribution in [2.75, 3.05) is 5.32 Å². The van der Waals surface area contributed by atoms with Crippen LogP contribution in [0.5, 0.6) is 11.5 Å². The second-order valence-electron chi connectivity index (χ2n) is 4.42. The van der Waals surface area contributed by atoms with Crippen LogP contribution in [-0.4, -0.2) is 10.2 Å². The van der Waals surface area contributed by atoms with E-state index in [0.717, 1.165) is 16.8 Å². The van der Waals surface area contributed by atoms with Gasteiger partial charge in [-0.2, -0.15) is 0 Å². The van der Waals surface area contributed by atoms with E-state index in [0.29, 0.717) is 0 Å². The third-order valence-corrected chi connectivity index (χ3v) is 2.99. The van der Waals surface area contributed by atoms with Crippen LogP contribution in [0.25, 0.3) is 0 Å². The van der Waals surface area contributed by atoms with Gasteiger partial charge in [-0.15, -0.1) is 0 Å². The standard InChI is InChI=1S/C15H17NO2/c1-10-9-12(17)7-8-14(10)16-11(2)13-5-3-4-6-15(13)18/h3-9,11,16-18H,1-2H3. The van der Waals surface area contributed by atoms with Crippen molar-refractivity contribution >= 4 is 5.69 Å². The largest absolute Gasteiger partial charge is 0.508 e. The zero-order chi connectivity index (χ0) is 13.1. The van der Waals surface area contributed by atoms with E-state index in [9.17, 15) is 10.2 Å². The highest BCUT2D eigenvalue weighted by Crippen LogP contribution is 2.28. The van der Waals surface area contributed by atoms with Crippen molar-refractivity contribution in [3.8, 4) is 11.5 Å². The number of benzene rings is 2. The third-order valence-electron chi connectivity index (χ3n) is 2.99. The highest BCUT2D eigenvalue weighted by molar-refractivity contribution is 5.55. The van der Waals surface area contributed by atoms with Gasteiger partial charge in [0.1, 0.15) is 11.5 Å². The highest BCUT2D eigenvalue weighted by atomic mass is 16.3. The van der Waals surface area contributed by atoms with Gasteiger partial charge in [0.05, 0.1) is 6.04 Å². The molecule has 0 heterocycles. The van der Waals surface area contributed by atoms with Gasteiger partial charge in [0.25, 0.3) is 0 Å². The number of aromatic hydroxyl groups is 2. The molecule has 3 N–H and O–H groups in total. The lowest BCUT2D eigenvalue weighted by atomic mass is 10.1. The van der Waals surface area contributed by atoms with Crippen LogP contribution in [0.15, 0.2) is 42.5 Å². The van der Waals surface area contributed by atoms with Crippen LogP contribution >= 0.6 is 0 Å². The van der Waals surface area contributed by atoms with Gasteiger partial charge in [0, 0.05) is 11.3 Å². The van der Waals surface area contributed by atoms with Crippen LogP contribution in [0, 0.1) is 6.92 Å². The van der Waals surface area contributed by atoms with Crippen molar-refractivity contribution in [1.29, 1.82) is 0 Å². The predicted octanol–water partition coefficient (Wildman–Crippen LogP) is 3.58. The Hall–Kier alpha value is -2.16. The highest BCUT2D eigenvalue weighted by Gasteiger charge is 2.10. The first-order chi connectivity index (χ1) is 8.58. The van der Waals surface area contributed by atoms with Gasteiger partial charge >= 0.3 is 0 Å². The van der Waals surface area contributed by atoms with Crippen LogP contribution in [0.4, 0.5) is 5.69 Å². The summed E-state index contributed by atoms with van der Waals surface area (Å²) < 4.78 is 0. The number of hydrogen-bond donors (Lipinski definition) is 3. The molecule has 0 radical (unpaired) electrons. The van der Waals surface area contributed by atoms with Crippen LogP contribution in [0.2, 0.25) is 0 Å². The number of para-hydroxylation sites is 1.